The van der Waals surface area contributed by atoms with Crippen molar-refractivity contribution in [2.45, 2.75) is 12.8 Å². The van der Waals surface area contributed by atoms with Gasteiger partial charge in [-0.3, -0.25) is 18.7 Å². The number of aromatic nitrogens is 2. The van der Waals surface area contributed by atoms with Crippen LogP contribution in [0, 0.1) is 5.92 Å². The Hall–Kier alpha value is -3.62. The summed E-state index contributed by atoms with van der Waals surface area (Å²) in [5.41, 5.74) is 0.360. The summed E-state index contributed by atoms with van der Waals surface area (Å²) in [6, 6.07) is 5.25. The molecule has 1 unspecified atom stereocenters. The summed E-state index contributed by atoms with van der Waals surface area (Å²) in [4.78, 5) is 43.0. The normalized spacial score (nSPS) is 19.1. The van der Waals surface area contributed by atoms with Gasteiger partial charge in [0.15, 0.2) is 11.5 Å². The Morgan fingerprint density at radius 2 is 2.00 bits per heavy atom. The number of hydrogen-bond acceptors (Lipinski definition) is 7. The molecular weight excluding hydrogens is 390 g/mol. The topological polar surface area (TPSA) is 101 Å². The van der Waals surface area contributed by atoms with Gasteiger partial charge >= 0.3 is 11.7 Å². The fourth-order valence-electron chi connectivity index (χ4n) is 3.91. The highest BCUT2D eigenvalue weighted by molar-refractivity contribution is 6.04. The first-order chi connectivity index (χ1) is 14.3. The van der Waals surface area contributed by atoms with E-state index in [-0.39, 0.29) is 24.8 Å². The maximum atomic E-state index is 13.1. The van der Waals surface area contributed by atoms with Crippen LogP contribution < -0.4 is 20.7 Å². The Morgan fingerprint density at radius 1 is 1.27 bits per heavy atom. The molecule has 1 aromatic carbocycles. The van der Waals surface area contributed by atoms with Gasteiger partial charge in [0.1, 0.15) is 18.3 Å². The lowest BCUT2D eigenvalue weighted by Gasteiger charge is -2.31. The molecule has 0 bridgehead atoms. The van der Waals surface area contributed by atoms with Gasteiger partial charge < -0.3 is 14.2 Å². The number of nitrogens with zero attached hydrogens (tertiary/aromatic N) is 3. The molecule has 0 fully saturated rings. The van der Waals surface area contributed by atoms with E-state index in [4.69, 9.17) is 14.2 Å². The molecule has 1 aromatic heterocycles. The Kier molecular flexibility index (Phi) is 4.81. The Labute approximate surface area is 171 Å². The minimum Gasteiger partial charge on any atom is -0.461 e. The molecule has 2 aliphatic rings. The second-order valence-corrected chi connectivity index (χ2v) is 7.18. The van der Waals surface area contributed by atoms with E-state index in [1.54, 1.807) is 32.2 Å². The van der Waals surface area contributed by atoms with Gasteiger partial charge in [-0.15, -0.1) is 0 Å². The van der Waals surface area contributed by atoms with Crippen LogP contribution in [0.3, 0.4) is 0 Å². The van der Waals surface area contributed by atoms with Crippen LogP contribution in [0.15, 0.2) is 45.4 Å². The van der Waals surface area contributed by atoms with Crippen LogP contribution in [0.2, 0.25) is 0 Å². The summed E-state index contributed by atoms with van der Waals surface area (Å²) in [5.74, 6) is -0.748. The van der Waals surface area contributed by atoms with Gasteiger partial charge in [-0.2, -0.15) is 0 Å². The largest absolute Gasteiger partial charge is 0.461 e. The number of aliphatic imine (C=N–C) groups is 1. The number of carbonyl (C=O) groups is 1. The zero-order valence-corrected chi connectivity index (χ0v) is 16.9. The first-order valence-electron chi connectivity index (χ1n) is 9.37. The molecule has 0 radical (unpaired) electrons. The van der Waals surface area contributed by atoms with E-state index in [1.165, 1.54) is 17.7 Å². The van der Waals surface area contributed by atoms with Gasteiger partial charge in [0.2, 0.25) is 6.79 Å². The number of esters is 1. The van der Waals surface area contributed by atoms with Crippen molar-refractivity contribution in [3.8, 4) is 11.5 Å². The molecule has 3 heterocycles. The van der Waals surface area contributed by atoms with Crippen molar-refractivity contribution >= 4 is 17.5 Å². The zero-order valence-electron chi connectivity index (χ0n) is 16.9. The van der Waals surface area contributed by atoms with Crippen LogP contribution in [-0.2, 0) is 23.6 Å². The molecule has 0 N–H and O–H groups in total. The number of fused-ring (bicyclic) bond motifs is 2. The van der Waals surface area contributed by atoms with E-state index in [0.29, 0.717) is 22.8 Å². The summed E-state index contributed by atoms with van der Waals surface area (Å²) in [7, 11) is 2.95. The predicted octanol–water partition coefficient (Wildman–Crippen LogP) is 1.40. The van der Waals surface area contributed by atoms with Crippen molar-refractivity contribution in [1.82, 2.24) is 9.13 Å². The fraction of sp³-hybridized carbons (Fsp3) is 0.333. The van der Waals surface area contributed by atoms with E-state index in [1.807, 2.05) is 0 Å². The number of carbonyl (C=O) groups excluding carboxylic acids is 1. The minimum atomic E-state index is -0.844. The van der Waals surface area contributed by atoms with E-state index in [2.05, 4.69) is 11.6 Å². The molecule has 2 aromatic rings. The smallest absolute Gasteiger partial charge is 0.332 e. The van der Waals surface area contributed by atoms with Gasteiger partial charge in [0.25, 0.3) is 5.56 Å². The Balaban J connectivity index is 1.98. The molecule has 0 aliphatic carbocycles. The summed E-state index contributed by atoms with van der Waals surface area (Å²) < 4.78 is 18.5. The Morgan fingerprint density at radius 3 is 2.73 bits per heavy atom. The lowest BCUT2D eigenvalue weighted by Crippen LogP contribution is -2.44. The molecule has 9 nitrogen and oxygen atoms in total. The molecule has 156 valence electrons. The zero-order chi connectivity index (χ0) is 21.6. The van der Waals surface area contributed by atoms with E-state index < -0.39 is 29.1 Å². The van der Waals surface area contributed by atoms with Crippen LogP contribution >= 0.6 is 0 Å². The monoisotopic (exact) mass is 411 g/mol. The first kappa shape index (κ1) is 19.7. The molecule has 0 saturated carbocycles. The third-order valence-electron chi connectivity index (χ3n) is 5.40. The van der Waals surface area contributed by atoms with Crippen molar-refractivity contribution in [2.24, 2.45) is 25.0 Å². The maximum Gasteiger partial charge on any atom is 0.332 e. The summed E-state index contributed by atoms with van der Waals surface area (Å²) in [6.07, 6.45) is 1.47. The highest BCUT2D eigenvalue weighted by Crippen LogP contribution is 2.43. The van der Waals surface area contributed by atoms with Crippen molar-refractivity contribution in [3.63, 3.8) is 0 Å². The van der Waals surface area contributed by atoms with Crippen LogP contribution in [0.4, 0.5) is 5.82 Å². The number of rotatable bonds is 4. The van der Waals surface area contributed by atoms with E-state index in [0.717, 1.165) is 4.57 Å². The quantitative estimate of drug-likeness (QED) is 0.557. The van der Waals surface area contributed by atoms with Gasteiger partial charge in [-0.25, -0.2) is 9.79 Å². The molecule has 0 spiro atoms. The molecule has 4 rings (SSSR count). The van der Waals surface area contributed by atoms with Crippen LogP contribution in [-0.4, -0.2) is 34.2 Å². The lowest BCUT2D eigenvalue weighted by atomic mass is 9.77. The second-order valence-electron chi connectivity index (χ2n) is 7.18. The third kappa shape index (κ3) is 2.94. The van der Waals surface area contributed by atoms with E-state index in [9.17, 15) is 14.4 Å². The molecule has 2 atom stereocenters. The first-order valence-corrected chi connectivity index (χ1v) is 9.37. The lowest BCUT2D eigenvalue weighted by molar-refractivity contribution is -0.145. The second kappa shape index (κ2) is 7.33. The number of hydrogen-bond donors (Lipinski definition) is 0. The van der Waals surface area contributed by atoms with Crippen LogP contribution in [0.25, 0.3) is 0 Å². The average molecular weight is 411 g/mol. The van der Waals surface area contributed by atoms with Gasteiger partial charge in [-0.05, 0) is 24.6 Å². The maximum absolute atomic E-state index is 13.1. The molecular formula is C21H21N3O6. The number of benzene rings is 1. The third-order valence-corrected chi connectivity index (χ3v) is 5.40. The molecule has 0 amide bonds. The SMILES string of the molecule is C=CCOC(=O)C1C(C)=Nc2c(c(=O)n(C)c(=O)n2C)[C@H]1c1ccc2c(c1)OCO2. The fourth-order valence-corrected chi connectivity index (χ4v) is 3.91. The van der Waals surface area contributed by atoms with Crippen molar-refractivity contribution < 1.29 is 19.0 Å². The van der Waals surface area contributed by atoms with Crippen molar-refractivity contribution in [3.05, 3.63) is 62.8 Å². The van der Waals surface area contributed by atoms with Gasteiger partial charge in [0, 0.05) is 25.7 Å². The molecule has 2 aliphatic heterocycles. The van der Waals surface area contributed by atoms with Crippen molar-refractivity contribution in [1.29, 1.82) is 0 Å². The highest BCUT2D eigenvalue weighted by atomic mass is 16.7. The molecule has 0 saturated heterocycles. The van der Waals surface area contributed by atoms with Gasteiger partial charge in [0.05, 0.1) is 5.56 Å². The standard InChI is InChI=1S/C21H21N3O6/c1-5-8-28-20(26)15-11(2)22-18-17(19(25)24(4)21(27)23(18)3)16(15)12-6-7-13-14(9-12)30-10-29-13/h5-7,9,15-16H,1,8,10H2,2-4H3/t15?,16-/m0/s1. The highest BCUT2D eigenvalue weighted by Gasteiger charge is 2.42. The van der Waals surface area contributed by atoms with Crippen molar-refractivity contribution in [2.75, 3.05) is 13.4 Å². The predicted molar refractivity (Wildman–Crippen MR) is 109 cm³/mol. The molecule has 9 heteroatoms. The van der Waals surface area contributed by atoms with Gasteiger partial charge in [-0.1, -0.05) is 18.7 Å². The Bertz CT molecular complexity index is 1210. The van der Waals surface area contributed by atoms with Crippen LogP contribution in [0.1, 0.15) is 24.0 Å². The summed E-state index contributed by atoms with van der Waals surface area (Å²) in [6.45, 7) is 5.39. The van der Waals surface area contributed by atoms with Crippen LogP contribution in [0.5, 0.6) is 11.5 Å². The summed E-state index contributed by atoms with van der Waals surface area (Å²) >= 11 is 0. The number of ether oxygens (including phenoxy) is 3. The molecule has 30 heavy (non-hydrogen) atoms. The average Bonchev–Trinajstić information content (AvgIpc) is 3.21. The summed E-state index contributed by atoms with van der Waals surface area (Å²) in [5, 5.41) is 0. The minimum absolute atomic E-state index is 0.0363. The van der Waals surface area contributed by atoms with E-state index >= 15 is 0 Å².